The summed E-state index contributed by atoms with van der Waals surface area (Å²) in [5.41, 5.74) is 11.6. The molecule has 0 spiro atoms. The number of nitrogen functional groups attached to an aromatic ring is 1. The highest BCUT2D eigenvalue weighted by Crippen LogP contribution is 2.27. The molecule has 1 saturated heterocycles. The fourth-order valence-corrected chi connectivity index (χ4v) is 4.50. The van der Waals surface area contributed by atoms with E-state index >= 15 is 0 Å². The van der Waals surface area contributed by atoms with E-state index in [1.54, 1.807) is 7.11 Å². The molecule has 4 aromatic rings. The molecule has 0 atom stereocenters. The molecule has 4 heterocycles. The zero-order valence-corrected chi connectivity index (χ0v) is 21.0. The Morgan fingerprint density at radius 3 is 2.42 bits per heavy atom. The predicted octanol–water partition coefficient (Wildman–Crippen LogP) is 4.30. The Hall–Kier alpha value is -3.72. The second kappa shape index (κ2) is 10.9. The van der Waals surface area contributed by atoms with Crippen LogP contribution in [0.25, 0.3) is 22.3 Å². The monoisotopic (exact) mass is 487 g/mol. The normalized spacial score (nSPS) is 13.9. The highest BCUT2D eigenvalue weighted by Gasteiger charge is 2.19. The van der Waals surface area contributed by atoms with Crippen LogP contribution in [0.2, 0.25) is 0 Å². The zero-order chi connectivity index (χ0) is 24.9. The van der Waals surface area contributed by atoms with Gasteiger partial charge >= 0.3 is 6.01 Å². The number of benzene rings is 1. The molecule has 9 nitrogen and oxygen atoms in total. The Morgan fingerprint density at radius 1 is 0.944 bits per heavy atom. The van der Waals surface area contributed by atoms with Crippen LogP contribution in [0.3, 0.4) is 0 Å². The van der Waals surface area contributed by atoms with Crippen molar-refractivity contribution >= 4 is 17.0 Å². The molecule has 5 rings (SSSR count). The zero-order valence-electron chi connectivity index (χ0n) is 21.0. The number of imidazole rings is 1. The number of ether oxygens (including phenoxy) is 2. The van der Waals surface area contributed by atoms with Crippen molar-refractivity contribution in [1.29, 1.82) is 0 Å². The number of likely N-dealkylation sites (tertiary alicyclic amines) is 1. The van der Waals surface area contributed by atoms with Crippen molar-refractivity contribution in [3.8, 4) is 23.1 Å². The minimum absolute atomic E-state index is 0.244. The van der Waals surface area contributed by atoms with Crippen molar-refractivity contribution in [2.45, 2.75) is 45.7 Å². The summed E-state index contributed by atoms with van der Waals surface area (Å²) in [5.74, 6) is 0.264. The Kier molecular flexibility index (Phi) is 7.27. The molecule has 0 bridgehead atoms. The van der Waals surface area contributed by atoms with Crippen LogP contribution in [0.1, 0.15) is 43.9 Å². The first kappa shape index (κ1) is 24.0. The van der Waals surface area contributed by atoms with E-state index < -0.39 is 0 Å². The van der Waals surface area contributed by atoms with Gasteiger partial charge in [-0.25, -0.2) is 0 Å². The van der Waals surface area contributed by atoms with E-state index in [4.69, 9.17) is 20.2 Å². The molecule has 0 saturated carbocycles. The average molecular weight is 488 g/mol. The van der Waals surface area contributed by atoms with Gasteiger partial charge in [0.2, 0.25) is 0 Å². The lowest BCUT2D eigenvalue weighted by molar-refractivity contribution is 0.286. The molecule has 0 aliphatic carbocycles. The largest absolute Gasteiger partial charge is 0.468 e. The maximum Gasteiger partial charge on any atom is 0.320 e. The van der Waals surface area contributed by atoms with Crippen molar-refractivity contribution < 1.29 is 9.47 Å². The molecule has 1 aliphatic heterocycles. The molecule has 0 amide bonds. The average Bonchev–Trinajstić information content (AvgIpc) is 3.53. The number of rotatable bonds is 10. The molecule has 1 aliphatic rings. The number of nitrogens with zero attached hydrogens (tertiary/aromatic N) is 6. The SMILES string of the molecule is CCCCOc1nc(N)c2nc(OC)n(Cc3ccc(-c4ccc(CN5CCCC5)cc4)cn3)c2n1. The Balaban J connectivity index is 1.34. The summed E-state index contributed by atoms with van der Waals surface area (Å²) in [5, 5.41) is 0. The van der Waals surface area contributed by atoms with Crippen molar-refractivity contribution in [3.63, 3.8) is 0 Å². The molecule has 9 heteroatoms. The summed E-state index contributed by atoms with van der Waals surface area (Å²) in [6.45, 7) is 6.50. The highest BCUT2D eigenvalue weighted by molar-refractivity contribution is 5.83. The van der Waals surface area contributed by atoms with E-state index in [1.165, 1.54) is 31.5 Å². The van der Waals surface area contributed by atoms with Gasteiger partial charge in [0, 0.05) is 18.3 Å². The minimum atomic E-state index is 0.244. The molecule has 36 heavy (non-hydrogen) atoms. The van der Waals surface area contributed by atoms with Gasteiger partial charge in [0.25, 0.3) is 6.01 Å². The number of methoxy groups -OCH3 is 1. The molecule has 188 valence electrons. The van der Waals surface area contributed by atoms with E-state index in [-0.39, 0.29) is 11.8 Å². The summed E-state index contributed by atoms with van der Waals surface area (Å²) >= 11 is 0. The van der Waals surface area contributed by atoms with Crippen LogP contribution in [-0.4, -0.2) is 56.2 Å². The van der Waals surface area contributed by atoms with Gasteiger partial charge in [-0.15, -0.1) is 0 Å². The quantitative estimate of drug-likeness (QED) is 0.330. The van der Waals surface area contributed by atoms with Crippen LogP contribution >= 0.6 is 0 Å². The fraction of sp³-hybridized carbons (Fsp3) is 0.407. The number of anilines is 1. The summed E-state index contributed by atoms with van der Waals surface area (Å²) in [6.07, 6.45) is 6.46. The molecule has 0 radical (unpaired) electrons. The smallest absolute Gasteiger partial charge is 0.320 e. The van der Waals surface area contributed by atoms with Crippen LogP contribution in [-0.2, 0) is 13.1 Å². The van der Waals surface area contributed by atoms with Crippen molar-refractivity contribution in [2.75, 3.05) is 32.5 Å². The standard InChI is InChI=1S/C27H33N7O2/c1-3-4-15-36-26-31-24(28)23-25(32-26)34(27(30-23)35-2)18-22-12-11-21(16-29-22)20-9-7-19(8-10-20)17-33-13-5-6-14-33/h7-12,16H,3-6,13-15,17-18H2,1-2H3,(H2,28,31,32). The van der Waals surface area contributed by atoms with E-state index in [2.05, 4.69) is 57.1 Å². The Morgan fingerprint density at radius 2 is 1.72 bits per heavy atom. The van der Waals surface area contributed by atoms with Crippen LogP contribution in [0.5, 0.6) is 12.0 Å². The number of pyridine rings is 1. The van der Waals surface area contributed by atoms with E-state index in [9.17, 15) is 0 Å². The van der Waals surface area contributed by atoms with Crippen LogP contribution in [0.15, 0.2) is 42.6 Å². The third kappa shape index (κ3) is 5.26. The maximum absolute atomic E-state index is 6.15. The molecule has 0 unspecified atom stereocenters. The maximum atomic E-state index is 6.15. The first-order chi connectivity index (χ1) is 17.6. The third-order valence-corrected chi connectivity index (χ3v) is 6.51. The number of aromatic nitrogens is 5. The lowest BCUT2D eigenvalue weighted by atomic mass is 10.1. The van der Waals surface area contributed by atoms with E-state index in [1.807, 2.05) is 16.8 Å². The Labute approximate surface area is 211 Å². The van der Waals surface area contributed by atoms with Gasteiger partial charge in [0.15, 0.2) is 17.0 Å². The lowest BCUT2D eigenvalue weighted by Gasteiger charge is -2.14. The third-order valence-electron chi connectivity index (χ3n) is 6.51. The number of hydrogen-bond donors (Lipinski definition) is 1. The summed E-state index contributed by atoms with van der Waals surface area (Å²) in [6, 6.07) is 13.5. The number of unbranched alkanes of at least 4 members (excludes halogenated alkanes) is 1. The summed E-state index contributed by atoms with van der Waals surface area (Å²) in [7, 11) is 1.57. The number of nitrogens with two attached hydrogens (primary N) is 1. The van der Waals surface area contributed by atoms with Gasteiger partial charge in [0.1, 0.15) is 0 Å². The first-order valence-corrected chi connectivity index (χ1v) is 12.6. The fourth-order valence-electron chi connectivity index (χ4n) is 4.50. The van der Waals surface area contributed by atoms with Crippen molar-refractivity contribution in [3.05, 3.63) is 53.9 Å². The van der Waals surface area contributed by atoms with Crippen LogP contribution in [0.4, 0.5) is 5.82 Å². The number of hydrogen-bond acceptors (Lipinski definition) is 8. The Bertz CT molecular complexity index is 1300. The van der Waals surface area contributed by atoms with Gasteiger partial charge in [-0.3, -0.25) is 14.5 Å². The molecule has 1 aromatic carbocycles. The van der Waals surface area contributed by atoms with Crippen LogP contribution in [0, 0.1) is 0 Å². The van der Waals surface area contributed by atoms with Crippen molar-refractivity contribution in [2.24, 2.45) is 0 Å². The molecule has 3 aromatic heterocycles. The second-order valence-corrected chi connectivity index (χ2v) is 9.17. The summed E-state index contributed by atoms with van der Waals surface area (Å²) in [4.78, 5) is 20.5. The predicted molar refractivity (Wildman–Crippen MR) is 140 cm³/mol. The topological polar surface area (TPSA) is 104 Å². The molecular weight excluding hydrogens is 454 g/mol. The lowest BCUT2D eigenvalue weighted by Crippen LogP contribution is -2.18. The van der Waals surface area contributed by atoms with Gasteiger partial charge in [-0.1, -0.05) is 43.7 Å². The minimum Gasteiger partial charge on any atom is -0.468 e. The van der Waals surface area contributed by atoms with Crippen molar-refractivity contribution in [1.82, 2.24) is 29.4 Å². The second-order valence-electron chi connectivity index (χ2n) is 9.17. The molecular formula is C27H33N7O2. The van der Waals surface area contributed by atoms with Crippen LogP contribution < -0.4 is 15.2 Å². The van der Waals surface area contributed by atoms with Gasteiger partial charge in [0.05, 0.1) is 26.0 Å². The highest BCUT2D eigenvalue weighted by atomic mass is 16.5. The molecule has 1 fully saturated rings. The number of fused-ring (bicyclic) bond motifs is 1. The van der Waals surface area contributed by atoms with Gasteiger partial charge in [-0.2, -0.15) is 15.0 Å². The molecule has 2 N–H and O–H groups in total. The van der Waals surface area contributed by atoms with E-state index in [0.717, 1.165) is 36.2 Å². The van der Waals surface area contributed by atoms with E-state index in [0.29, 0.717) is 30.3 Å². The first-order valence-electron chi connectivity index (χ1n) is 12.6. The van der Waals surface area contributed by atoms with Gasteiger partial charge < -0.3 is 15.2 Å². The van der Waals surface area contributed by atoms with Gasteiger partial charge in [-0.05, 0) is 49.5 Å². The summed E-state index contributed by atoms with van der Waals surface area (Å²) < 4.78 is 13.0.